The lowest BCUT2D eigenvalue weighted by atomic mass is 10.0. The van der Waals surface area contributed by atoms with Gasteiger partial charge >= 0.3 is 5.97 Å². The van der Waals surface area contributed by atoms with E-state index in [9.17, 15) is 4.79 Å². The number of hydrogen-bond acceptors (Lipinski definition) is 4. The van der Waals surface area contributed by atoms with Gasteiger partial charge in [-0.15, -0.1) is 0 Å². The molecular weight excluding hydrogens is 242 g/mol. The van der Waals surface area contributed by atoms with Gasteiger partial charge in [0.1, 0.15) is 0 Å². The zero-order valence-corrected chi connectivity index (χ0v) is 11.6. The molecule has 3 rings (SSSR count). The second-order valence-corrected chi connectivity index (χ2v) is 6.12. The van der Waals surface area contributed by atoms with Crippen molar-refractivity contribution in [2.75, 3.05) is 45.8 Å². The van der Waals surface area contributed by atoms with E-state index in [2.05, 4.69) is 14.7 Å². The fourth-order valence-electron chi connectivity index (χ4n) is 4.05. The Labute approximate surface area is 115 Å². The second-order valence-electron chi connectivity index (χ2n) is 6.12. The van der Waals surface area contributed by atoms with Gasteiger partial charge in [-0.3, -0.25) is 14.6 Å². The molecule has 2 unspecified atom stereocenters. The first-order chi connectivity index (χ1) is 9.24. The molecule has 5 heteroatoms. The van der Waals surface area contributed by atoms with Gasteiger partial charge in [-0.2, -0.15) is 0 Å². The van der Waals surface area contributed by atoms with Crippen LogP contribution in [0.4, 0.5) is 0 Å². The van der Waals surface area contributed by atoms with Crippen LogP contribution in [0.2, 0.25) is 0 Å². The van der Waals surface area contributed by atoms with E-state index in [0.717, 1.165) is 38.3 Å². The third kappa shape index (κ3) is 2.93. The molecule has 0 aromatic heterocycles. The van der Waals surface area contributed by atoms with E-state index in [1.54, 1.807) is 0 Å². The second kappa shape index (κ2) is 5.77. The standard InChI is InChI=1S/C14H25N3O2/c18-14(19)4-6-15-8-10-17(11-9-15)13-3-7-16-5-1-2-12(13)16/h12-13H,1-11H2,(H,18,19). The predicted molar refractivity (Wildman–Crippen MR) is 73.3 cm³/mol. The third-order valence-corrected chi connectivity index (χ3v) is 5.09. The highest BCUT2D eigenvalue weighted by Crippen LogP contribution is 2.31. The summed E-state index contributed by atoms with van der Waals surface area (Å²) in [6.45, 7) is 7.62. The van der Waals surface area contributed by atoms with E-state index in [-0.39, 0.29) is 6.42 Å². The smallest absolute Gasteiger partial charge is 0.304 e. The summed E-state index contributed by atoms with van der Waals surface area (Å²) in [4.78, 5) is 18.2. The van der Waals surface area contributed by atoms with Gasteiger partial charge in [0, 0.05) is 51.4 Å². The number of hydrogen-bond donors (Lipinski definition) is 1. The molecule has 0 aromatic carbocycles. The van der Waals surface area contributed by atoms with Crippen LogP contribution in [0.25, 0.3) is 0 Å². The lowest BCUT2D eigenvalue weighted by Gasteiger charge is -2.39. The van der Waals surface area contributed by atoms with Crippen LogP contribution in [0.5, 0.6) is 0 Å². The Morgan fingerprint density at radius 1 is 0.947 bits per heavy atom. The van der Waals surface area contributed by atoms with Crippen LogP contribution in [0, 0.1) is 0 Å². The maximum Gasteiger partial charge on any atom is 0.304 e. The van der Waals surface area contributed by atoms with Gasteiger partial charge in [0.2, 0.25) is 0 Å². The molecule has 1 N–H and O–H groups in total. The average Bonchev–Trinajstić information content (AvgIpc) is 2.99. The van der Waals surface area contributed by atoms with E-state index in [1.807, 2.05) is 0 Å². The van der Waals surface area contributed by atoms with Crippen molar-refractivity contribution >= 4 is 5.97 Å². The summed E-state index contributed by atoms with van der Waals surface area (Å²) < 4.78 is 0. The Morgan fingerprint density at radius 2 is 1.63 bits per heavy atom. The number of carboxylic acids is 1. The largest absolute Gasteiger partial charge is 0.481 e. The molecule has 0 saturated carbocycles. The van der Waals surface area contributed by atoms with Gasteiger partial charge in [0.25, 0.3) is 0 Å². The highest BCUT2D eigenvalue weighted by molar-refractivity contribution is 5.66. The summed E-state index contributed by atoms with van der Waals surface area (Å²) in [5.74, 6) is -0.681. The van der Waals surface area contributed by atoms with Crippen molar-refractivity contribution in [2.24, 2.45) is 0 Å². The highest BCUT2D eigenvalue weighted by Gasteiger charge is 2.40. The fraction of sp³-hybridized carbons (Fsp3) is 0.929. The van der Waals surface area contributed by atoms with Gasteiger partial charge in [-0.05, 0) is 25.8 Å². The van der Waals surface area contributed by atoms with Gasteiger partial charge in [-0.25, -0.2) is 0 Å². The van der Waals surface area contributed by atoms with Crippen molar-refractivity contribution in [3.05, 3.63) is 0 Å². The number of carboxylic acid groups (broad SMARTS) is 1. The summed E-state index contributed by atoms with van der Waals surface area (Å²) in [6, 6.07) is 1.58. The molecule has 3 heterocycles. The summed E-state index contributed by atoms with van der Waals surface area (Å²) in [7, 11) is 0. The Balaban J connectivity index is 1.46. The van der Waals surface area contributed by atoms with Gasteiger partial charge in [-0.1, -0.05) is 0 Å². The van der Waals surface area contributed by atoms with E-state index >= 15 is 0 Å². The molecule has 0 aromatic rings. The molecule has 0 radical (unpaired) electrons. The van der Waals surface area contributed by atoms with Crippen molar-refractivity contribution in [3.8, 4) is 0 Å². The third-order valence-electron chi connectivity index (χ3n) is 5.09. The van der Waals surface area contributed by atoms with Crippen LogP contribution < -0.4 is 0 Å². The van der Waals surface area contributed by atoms with E-state index in [4.69, 9.17) is 5.11 Å². The molecule has 3 fully saturated rings. The molecular formula is C14H25N3O2. The number of nitrogens with zero attached hydrogens (tertiary/aromatic N) is 3. The molecule has 0 amide bonds. The zero-order chi connectivity index (χ0) is 13.2. The number of carbonyl (C=O) groups is 1. The lowest BCUT2D eigenvalue weighted by molar-refractivity contribution is -0.137. The van der Waals surface area contributed by atoms with Crippen LogP contribution in [0.3, 0.4) is 0 Å². The monoisotopic (exact) mass is 267 g/mol. The molecule has 0 spiro atoms. The Bertz CT molecular complexity index is 329. The molecule has 3 saturated heterocycles. The van der Waals surface area contributed by atoms with Crippen LogP contribution in [-0.2, 0) is 4.79 Å². The number of aliphatic carboxylic acids is 1. The first kappa shape index (κ1) is 13.3. The fourth-order valence-corrected chi connectivity index (χ4v) is 4.05. The minimum absolute atomic E-state index is 0.278. The molecule has 108 valence electrons. The zero-order valence-electron chi connectivity index (χ0n) is 11.6. The predicted octanol–water partition coefficient (Wildman–Crippen LogP) is 0.315. The van der Waals surface area contributed by atoms with Gasteiger partial charge < -0.3 is 10.0 Å². The van der Waals surface area contributed by atoms with Crippen molar-refractivity contribution < 1.29 is 9.90 Å². The minimum Gasteiger partial charge on any atom is -0.481 e. The van der Waals surface area contributed by atoms with Crippen LogP contribution in [0.1, 0.15) is 25.7 Å². The van der Waals surface area contributed by atoms with Crippen LogP contribution in [-0.4, -0.2) is 83.7 Å². The summed E-state index contributed by atoms with van der Waals surface area (Å²) in [5, 5.41) is 8.73. The molecule has 2 atom stereocenters. The van der Waals surface area contributed by atoms with E-state index in [0.29, 0.717) is 6.54 Å². The average molecular weight is 267 g/mol. The Kier molecular flexibility index (Phi) is 4.05. The molecule has 3 aliphatic rings. The number of fused-ring (bicyclic) bond motifs is 1. The quantitative estimate of drug-likeness (QED) is 0.794. The van der Waals surface area contributed by atoms with Crippen molar-refractivity contribution in [1.82, 2.24) is 14.7 Å². The Hall–Kier alpha value is -0.650. The van der Waals surface area contributed by atoms with Crippen molar-refractivity contribution in [1.29, 1.82) is 0 Å². The minimum atomic E-state index is -0.681. The first-order valence-corrected chi connectivity index (χ1v) is 7.66. The molecule has 19 heavy (non-hydrogen) atoms. The molecule has 0 aliphatic carbocycles. The van der Waals surface area contributed by atoms with Crippen LogP contribution >= 0.6 is 0 Å². The summed E-state index contributed by atoms with van der Waals surface area (Å²) in [5.41, 5.74) is 0. The maximum atomic E-state index is 10.6. The van der Waals surface area contributed by atoms with Gasteiger partial charge in [0.15, 0.2) is 0 Å². The van der Waals surface area contributed by atoms with Gasteiger partial charge in [0.05, 0.1) is 6.42 Å². The Morgan fingerprint density at radius 3 is 2.37 bits per heavy atom. The summed E-state index contributed by atoms with van der Waals surface area (Å²) in [6.07, 6.45) is 4.36. The number of rotatable bonds is 4. The SMILES string of the molecule is O=C(O)CCN1CCN(C2CCN3CCCC23)CC1. The van der Waals surface area contributed by atoms with E-state index < -0.39 is 5.97 Å². The summed E-state index contributed by atoms with van der Waals surface area (Å²) >= 11 is 0. The van der Waals surface area contributed by atoms with E-state index in [1.165, 1.54) is 32.4 Å². The molecule has 5 nitrogen and oxygen atoms in total. The molecule has 3 aliphatic heterocycles. The molecule has 0 bridgehead atoms. The maximum absolute atomic E-state index is 10.6. The first-order valence-electron chi connectivity index (χ1n) is 7.66. The van der Waals surface area contributed by atoms with Crippen molar-refractivity contribution in [3.63, 3.8) is 0 Å². The topological polar surface area (TPSA) is 47.0 Å². The highest BCUT2D eigenvalue weighted by atomic mass is 16.4. The number of piperazine rings is 1. The lowest BCUT2D eigenvalue weighted by Crippen LogP contribution is -2.53. The normalized spacial score (nSPS) is 33.7. The van der Waals surface area contributed by atoms with Crippen LogP contribution in [0.15, 0.2) is 0 Å². The van der Waals surface area contributed by atoms with Crippen molar-refractivity contribution in [2.45, 2.75) is 37.8 Å².